The largest absolute Gasteiger partial charge is 0.397 e. The average Bonchev–Trinajstić information content (AvgIpc) is 2.65. The Bertz CT molecular complexity index is 616. The van der Waals surface area contributed by atoms with Crippen LogP contribution in [0.5, 0.6) is 0 Å². The van der Waals surface area contributed by atoms with Crippen LogP contribution in [0, 0.1) is 18.8 Å². The van der Waals surface area contributed by atoms with Gasteiger partial charge in [-0.05, 0) is 49.3 Å². The Labute approximate surface area is 125 Å². The molecule has 112 valence electrons. The van der Waals surface area contributed by atoms with Crippen LogP contribution in [0.3, 0.4) is 0 Å². The minimum atomic E-state index is -3.56. The SMILES string of the molecule is Cc1cc(Cl)c(N)cc1S(=O)(=O)NC1CCC(C)C1C. The van der Waals surface area contributed by atoms with Crippen LogP contribution in [0.15, 0.2) is 17.0 Å². The van der Waals surface area contributed by atoms with Gasteiger partial charge in [0.25, 0.3) is 0 Å². The summed E-state index contributed by atoms with van der Waals surface area (Å²) in [5, 5.41) is 0.379. The second-order valence-corrected chi connectivity index (χ2v) is 7.87. The van der Waals surface area contributed by atoms with E-state index < -0.39 is 10.0 Å². The lowest BCUT2D eigenvalue weighted by atomic mass is 9.98. The fraction of sp³-hybridized carbons (Fsp3) is 0.571. The summed E-state index contributed by atoms with van der Waals surface area (Å²) in [4.78, 5) is 0.214. The Morgan fingerprint density at radius 1 is 1.30 bits per heavy atom. The Hall–Kier alpha value is -0.780. The molecule has 0 spiro atoms. The zero-order valence-electron chi connectivity index (χ0n) is 12.0. The topological polar surface area (TPSA) is 72.2 Å². The highest BCUT2D eigenvalue weighted by Gasteiger charge is 2.33. The minimum Gasteiger partial charge on any atom is -0.397 e. The summed E-state index contributed by atoms with van der Waals surface area (Å²) in [5.41, 5.74) is 6.61. The van der Waals surface area contributed by atoms with Crippen LogP contribution in [0.1, 0.15) is 32.3 Å². The van der Waals surface area contributed by atoms with Crippen LogP contribution in [0.4, 0.5) is 5.69 Å². The molecule has 0 saturated heterocycles. The van der Waals surface area contributed by atoms with Gasteiger partial charge in [0.15, 0.2) is 0 Å². The molecule has 4 nitrogen and oxygen atoms in total. The summed E-state index contributed by atoms with van der Waals surface area (Å²) in [5.74, 6) is 0.883. The van der Waals surface area contributed by atoms with E-state index in [0.29, 0.717) is 22.4 Å². The van der Waals surface area contributed by atoms with Gasteiger partial charge < -0.3 is 5.73 Å². The van der Waals surface area contributed by atoms with Crippen molar-refractivity contribution in [2.24, 2.45) is 11.8 Å². The zero-order chi connectivity index (χ0) is 15.1. The van der Waals surface area contributed by atoms with E-state index in [2.05, 4.69) is 18.6 Å². The van der Waals surface area contributed by atoms with Crippen molar-refractivity contribution in [3.05, 3.63) is 22.7 Å². The standard InChI is InChI=1S/C14H21ClN2O2S/c1-8-4-5-13(10(8)3)17-20(18,19)14-7-12(16)11(15)6-9(14)2/h6-8,10,13,17H,4-5,16H2,1-3H3. The van der Waals surface area contributed by atoms with Crippen LogP contribution in [-0.2, 0) is 10.0 Å². The Morgan fingerprint density at radius 3 is 2.50 bits per heavy atom. The van der Waals surface area contributed by atoms with Crippen molar-refractivity contribution in [1.82, 2.24) is 4.72 Å². The van der Waals surface area contributed by atoms with Gasteiger partial charge in [0.05, 0.1) is 15.6 Å². The number of benzene rings is 1. The van der Waals surface area contributed by atoms with Crippen molar-refractivity contribution in [1.29, 1.82) is 0 Å². The molecule has 0 aromatic heterocycles. The van der Waals surface area contributed by atoms with Gasteiger partial charge in [0, 0.05) is 6.04 Å². The summed E-state index contributed by atoms with van der Waals surface area (Å²) in [6.07, 6.45) is 1.93. The number of aryl methyl sites for hydroxylation is 1. The number of nitrogens with two attached hydrogens (primary N) is 1. The van der Waals surface area contributed by atoms with Crippen molar-refractivity contribution in [2.75, 3.05) is 5.73 Å². The molecule has 6 heteroatoms. The second kappa shape index (κ2) is 5.54. The van der Waals surface area contributed by atoms with Gasteiger partial charge in [-0.25, -0.2) is 13.1 Å². The average molecular weight is 317 g/mol. The lowest BCUT2D eigenvalue weighted by Gasteiger charge is -2.20. The Balaban J connectivity index is 2.30. The van der Waals surface area contributed by atoms with Crippen LogP contribution in [-0.4, -0.2) is 14.5 Å². The third kappa shape index (κ3) is 2.95. The molecule has 0 amide bonds. The molecule has 1 aromatic carbocycles. The highest BCUT2D eigenvalue weighted by atomic mass is 35.5. The molecule has 1 aliphatic carbocycles. The number of nitrogen functional groups attached to an aromatic ring is 1. The smallest absolute Gasteiger partial charge is 0.241 e. The molecular weight excluding hydrogens is 296 g/mol. The molecule has 3 N–H and O–H groups in total. The van der Waals surface area contributed by atoms with E-state index in [9.17, 15) is 8.42 Å². The molecule has 3 unspecified atom stereocenters. The lowest BCUT2D eigenvalue weighted by molar-refractivity contribution is 0.402. The van der Waals surface area contributed by atoms with E-state index in [-0.39, 0.29) is 16.6 Å². The quantitative estimate of drug-likeness (QED) is 0.842. The van der Waals surface area contributed by atoms with Gasteiger partial charge >= 0.3 is 0 Å². The predicted octanol–water partition coefficient (Wildman–Crippen LogP) is 2.94. The first-order valence-corrected chi connectivity index (χ1v) is 8.66. The first kappa shape index (κ1) is 15.6. The molecule has 3 atom stereocenters. The summed E-state index contributed by atoms with van der Waals surface area (Å²) in [6, 6.07) is 3.01. The van der Waals surface area contributed by atoms with Crippen molar-refractivity contribution in [2.45, 2.75) is 44.6 Å². The Kier molecular flexibility index (Phi) is 4.33. The normalized spacial score (nSPS) is 26.9. The van der Waals surface area contributed by atoms with Crippen LogP contribution in [0.25, 0.3) is 0 Å². The van der Waals surface area contributed by atoms with Crippen LogP contribution < -0.4 is 10.5 Å². The van der Waals surface area contributed by atoms with E-state index in [4.69, 9.17) is 17.3 Å². The van der Waals surface area contributed by atoms with Gasteiger partial charge in [-0.1, -0.05) is 25.4 Å². The molecule has 0 bridgehead atoms. The first-order valence-electron chi connectivity index (χ1n) is 6.80. The number of hydrogen-bond acceptors (Lipinski definition) is 3. The summed E-state index contributed by atoms with van der Waals surface area (Å²) < 4.78 is 27.8. The summed E-state index contributed by atoms with van der Waals surface area (Å²) >= 11 is 5.91. The predicted molar refractivity (Wildman–Crippen MR) is 82.3 cm³/mol. The van der Waals surface area contributed by atoms with Crippen LogP contribution >= 0.6 is 11.6 Å². The first-order chi connectivity index (χ1) is 9.22. The van der Waals surface area contributed by atoms with Gasteiger partial charge in [0.1, 0.15) is 0 Å². The number of nitrogens with one attached hydrogen (secondary N) is 1. The van der Waals surface area contributed by atoms with E-state index in [0.717, 1.165) is 12.8 Å². The zero-order valence-corrected chi connectivity index (χ0v) is 13.6. The van der Waals surface area contributed by atoms with E-state index in [1.165, 1.54) is 6.07 Å². The fourth-order valence-electron chi connectivity index (χ4n) is 2.75. The van der Waals surface area contributed by atoms with E-state index in [1.54, 1.807) is 13.0 Å². The molecule has 20 heavy (non-hydrogen) atoms. The number of sulfonamides is 1. The number of anilines is 1. The molecule has 0 heterocycles. The molecule has 1 saturated carbocycles. The van der Waals surface area contributed by atoms with Crippen molar-refractivity contribution in [3.8, 4) is 0 Å². The van der Waals surface area contributed by atoms with Gasteiger partial charge in [-0.2, -0.15) is 0 Å². The third-order valence-corrected chi connectivity index (χ3v) is 6.31. The number of rotatable bonds is 3. The molecule has 1 aliphatic rings. The van der Waals surface area contributed by atoms with Crippen molar-refractivity contribution >= 4 is 27.3 Å². The Morgan fingerprint density at radius 2 is 1.95 bits per heavy atom. The maximum atomic E-state index is 12.5. The maximum absolute atomic E-state index is 12.5. The molecular formula is C14H21ClN2O2S. The monoisotopic (exact) mass is 316 g/mol. The highest BCUT2D eigenvalue weighted by molar-refractivity contribution is 7.89. The van der Waals surface area contributed by atoms with Gasteiger partial charge in [0.2, 0.25) is 10.0 Å². The summed E-state index contributed by atoms with van der Waals surface area (Å²) in [6.45, 7) is 5.97. The maximum Gasteiger partial charge on any atom is 0.241 e. The summed E-state index contributed by atoms with van der Waals surface area (Å²) in [7, 11) is -3.56. The lowest BCUT2D eigenvalue weighted by Crippen LogP contribution is -2.37. The van der Waals surface area contributed by atoms with E-state index >= 15 is 0 Å². The highest BCUT2D eigenvalue weighted by Crippen LogP contribution is 2.33. The molecule has 0 aliphatic heterocycles. The molecule has 2 rings (SSSR count). The third-order valence-electron chi connectivity index (χ3n) is 4.36. The molecule has 0 radical (unpaired) electrons. The second-order valence-electron chi connectivity index (χ2n) is 5.78. The van der Waals surface area contributed by atoms with Crippen molar-refractivity contribution in [3.63, 3.8) is 0 Å². The minimum absolute atomic E-state index is 0.00805. The van der Waals surface area contributed by atoms with Crippen molar-refractivity contribution < 1.29 is 8.42 Å². The van der Waals surface area contributed by atoms with Gasteiger partial charge in [-0.15, -0.1) is 0 Å². The van der Waals surface area contributed by atoms with E-state index in [1.807, 2.05) is 0 Å². The number of halogens is 1. The molecule has 1 fully saturated rings. The number of hydrogen-bond donors (Lipinski definition) is 2. The van der Waals surface area contributed by atoms with Gasteiger partial charge in [-0.3, -0.25) is 0 Å². The molecule has 1 aromatic rings. The fourth-order valence-corrected chi connectivity index (χ4v) is 4.59. The van der Waals surface area contributed by atoms with Crippen LogP contribution in [0.2, 0.25) is 5.02 Å².